The lowest BCUT2D eigenvalue weighted by molar-refractivity contribution is -0.384. The zero-order valence-electron chi connectivity index (χ0n) is 15.8. The summed E-state index contributed by atoms with van der Waals surface area (Å²) in [7, 11) is 0. The molecule has 9 nitrogen and oxygen atoms in total. The quantitative estimate of drug-likeness (QED) is 0.364. The zero-order valence-corrected chi connectivity index (χ0v) is 15.8. The number of nitro benzene ring substituents is 1. The molecule has 3 aromatic rings. The molecular weight excluding hydrogens is 380 g/mol. The molecule has 0 aliphatic heterocycles. The summed E-state index contributed by atoms with van der Waals surface area (Å²) < 4.78 is 16.0. The van der Waals surface area contributed by atoms with Crippen LogP contribution in [0.2, 0.25) is 0 Å². The summed E-state index contributed by atoms with van der Waals surface area (Å²) in [6.07, 6.45) is 0. The van der Waals surface area contributed by atoms with Crippen molar-refractivity contribution >= 4 is 34.2 Å². The monoisotopic (exact) mass is 398 g/mol. The van der Waals surface area contributed by atoms with Crippen molar-refractivity contribution in [1.29, 1.82) is 0 Å². The summed E-state index contributed by atoms with van der Waals surface area (Å²) >= 11 is 0. The molecule has 2 aromatic carbocycles. The highest BCUT2D eigenvalue weighted by molar-refractivity contribution is 5.98. The number of anilines is 1. The number of hydrogen-bond donors (Lipinski definition) is 1. The number of nitro groups is 1. The van der Waals surface area contributed by atoms with E-state index in [-0.39, 0.29) is 17.1 Å². The van der Waals surface area contributed by atoms with E-state index in [4.69, 9.17) is 13.9 Å². The van der Waals surface area contributed by atoms with Gasteiger partial charge in [0.05, 0.1) is 11.5 Å². The van der Waals surface area contributed by atoms with Gasteiger partial charge in [-0.2, -0.15) is 0 Å². The summed E-state index contributed by atoms with van der Waals surface area (Å²) in [6.45, 7) is 3.52. The number of aryl methyl sites for hydroxylation is 1. The van der Waals surface area contributed by atoms with E-state index in [9.17, 15) is 19.7 Å². The molecule has 29 heavy (non-hydrogen) atoms. The maximum absolute atomic E-state index is 12.3. The van der Waals surface area contributed by atoms with E-state index in [0.29, 0.717) is 28.9 Å². The lowest BCUT2D eigenvalue weighted by Crippen LogP contribution is -2.21. The highest BCUT2D eigenvalue weighted by Gasteiger charge is 2.20. The largest absolute Gasteiger partial charge is 0.494 e. The lowest BCUT2D eigenvalue weighted by atomic mass is 10.1. The maximum Gasteiger partial charge on any atom is 0.375 e. The van der Waals surface area contributed by atoms with Gasteiger partial charge >= 0.3 is 5.97 Å². The van der Waals surface area contributed by atoms with Crippen LogP contribution in [0.3, 0.4) is 0 Å². The van der Waals surface area contributed by atoms with Gasteiger partial charge in [-0.25, -0.2) is 4.79 Å². The lowest BCUT2D eigenvalue weighted by Gasteiger charge is -2.06. The van der Waals surface area contributed by atoms with Gasteiger partial charge in [0.1, 0.15) is 11.3 Å². The van der Waals surface area contributed by atoms with E-state index in [1.807, 2.05) is 6.92 Å². The van der Waals surface area contributed by atoms with Gasteiger partial charge in [0, 0.05) is 28.8 Å². The Labute approximate surface area is 165 Å². The number of amides is 1. The minimum atomic E-state index is -0.786. The molecule has 0 spiro atoms. The number of non-ortho nitro benzene ring substituents is 1. The minimum absolute atomic E-state index is 0.00297. The van der Waals surface area contributed by atoms with Crippen molar-refractivity contribution in [3.63, 3.8) is 0 Å². The van der Waals surface area contributed by atoms with Crippen LogP contribution in [0.1, 0.15) is 23.0 Å². The first-order valence-electron chi connectivity index (χ1n) is 8.76. The van der Waals surface area contributed by atoms with Crippen molar-refractivity contribution in [2.45, 2.75) is 13.8 Å². The van der Waals surface area contributed by atoms with E-state index < -0.39 is 23.4 Å². The Morgan fingerprint density at radius 2 is 2.00 bits per heavy atom. The van der Waals surface area contributed by atoms with Gasteiger partial charge in [-0.15, -0.1) is 0 Å². The third-order valence-corrected chi connectivity index (χ3v) is 4.08. The number of carbonyl (C=O) groups is 2. The normalized spacial score (nSPS) is 10.6. The molecule has 9 heteroatoms. The topological polar surface area (TPSA) is 121 Å². The van der Waals surface area contributed by atoms with E-state index in [2.05, 4.69) is 5.32 Å². The number of carbonyl (C=O) groups excluding carboxylic acids is 2. The molecule has 1 amide bonds. The number of ether oxygens (including phenoxy) is 2. The zero-order chi connectivity index (χ0) is 21.0. The van der Waals surface area contributed by atoms with Crippen molar-refractivity contribution in [3.05, 3.63) is 63.9 Å². The van der Waals surface area contributed by atoms with Gasteiger partial charge in [-0.3, -0.25) is 14.9 Å². The molecule has 0 saturated heterocycles. The standard InChI is InChI=1S/C20H18N2O7/c1-3-27-15-7-8-17-16(10-15)12(2)19(29-17)20(24)28-11-18(23)21-13-5-4-6-14(9-13)22(25)26/h4-10H,3,11H2,1-2H3,(H,21,23). The van der Waals surface area contributed by atoms with Crippen molar-refractivity contribution in [1.82, 2.24) is 0 Å². The Kier molecular flexibility index (Phi) is 5.77. The molecule has 0 aliphatic carbocycles. The molecule has 1 aromatic heterocycles. The average molecular weight is 398 g/mol. The van der Waals surface area contributed by atoms with Crippen LogP contribution in [0, 0.1) is 17.0 Å². The van der Waals surface area contributed by atoms with Gasteiger partial charge in [0.15, 0.2) is 6.61 Å². The molecule has 0 bridgehead atoms. The molecule has 1 N–H and O–H groups in total. The van der Waals surface area contributed by atoms with Crippen LogP contribution in [-0.4, -0.2) is 30.0 Å². The molecule has 1 heterocycles. The Balaban J connectivity index is 1.66. The van der Waals surface area contributed by atoms with Crippen molar-refractivity contribution in [2.24, 2.45) is 0 Å². The molecule has 0 atom stereocenters. The number of esters is 1. The van der Waals surface area contributed by atoms with E-state index >= 15 is 0 Å². The van der Waals surface area contributed by atoms with Crippen LogP contribution in [0.15, 0.2) is 46.9 Å². The number of benzene rings is 2. The summed E-state index contributed by atoms with van der Waals surface area (Å²) in [4.78, 5) is 34.5. The van der Waals surface area contributed by atoms with Crippen molar-refractivity contribution < 1.29 is 28.4 Å². The molecule has 0 fully saturated rings. The number of nitrogens with zero attached hydrogens (tertiary/aromatic N) is 1. The number of furan rings is 1. The Morgan fingerprint density at radius 3 is 2.72 bits per heavy atom. The summed E-state index contributed by atoms with van der Waals surface area (Å²) in [5.41, 5.74) is 1.14. The number of fused-ring (bicyclic) bond motifs is 1. The number of nitrogens with one attached hydrogen (secondary N) is 1. The highest BCUT2D eigenvalue weighted by Crippen LogP contribution is 2.29. The molecule has 150 valence electrons. The highest BCUT2D eigenvalue weighted by atomic mass is 16.6. The summed E-state index contributed by atoms with van der Waals surface area (Å²) in [5, 5.41) is 13.9. The molecule has 0 radical (unpaired) electrons. The second kappa shape index (κ2) is 8.42. The fourth-order valence-electron chi connectivity index (χ4n) is 2.74. The first-order chi connectivity index (χ1) is 13.9. The molecule has 0 unspecified atom stereocenters. The second-order valence-electron chi connectivity index (χ2n) is 6.08. The fourth-order valence-corrected chi connectivity index (χ4v) is 2.74. The summed E-state index contributed by atoms with van der Waals surface area (Å²) in [5.74, 6) is -0.769. The van der Waals surface area contributed by atoms with Crippen LogP contribution < -0.4 is 10.1 Å². The third kappa shape index (κ3) is 4.52. The second-order valence-corrected chi connectivity index (χ2v) is 6.08. The Hall–Kier alpha value is -3.88. The predicted molar refractivity (Wildman–Crippen MR) is 104 cm³/mol. The van der Waals surface area contributed by atoms with E-state index in [1.54, 1.807) is 25.1 Å². The van der Waals surface area contributed by atoms with Crippen LogP contribution in [-0.2, 0) is 9.53 Å². The maximum atomic E-state index is 12.3. The van der Waals surface area contributed by atoms with Crippen molar-refractivity contribution in [3.8, 4) is 5.75 Å². The predicted octanol–water partition coefficient (Wildman–Crippen LogP) is 3.84. The van der Waals surface area contributed by atoms with Crippen LogP contribution >= 0.6 is 0 Å². The minimum Gasteiger partial charge on any atom is -0.494 e. The van der Waals surface area contributed by atoms with Gasteiger partial charge in [-0.1, -0.05) is 6.07 Å². The van der Waals surface area contributed by atoms with Gasteiger partial charge in [-0.05, 0) is 38.1 Å². The first-order valence-corrected chi connectivity index (χ1v) is 8.76. The Bertz CT molecular complexity index is 1090. The first kappa shape index (κ1) is 19.9. The van der Waals surface area contributed by atoms with E-state index in [1.165, 1.54) is 24.3 Å². The van der Waals surface area contributed by atoms with Crippen LogP contribution in [0.4, 0.5) is 11.4 Å². The Morgan fingerprint density at radius 1 is 1.21 bits per heavy atom. The van der Waals surface area contributed by atoms with E-state index in [0.717, 1.165) is 0 Å². The molecule has 0 saturated carbocycles. The van der Waals surface area contributed by atoms with Gasteiger partial charge < -0.3 is 19.2 Å². The fraction of sp³-hybridized carbons (Fsp3) is 0.200. The molecule has 0 aliphatic rings. The number of rotatable bonds is 7. The van der Waals surface area contributed by atoms with Crippen LogP contribution in [0.25, 0.3) is 11.0 Å². The van der Waals surface area contributed by atoms with Gasteiger partial charge in [0.2, 0.25) is 5.76 Å². The summed E-state index contributed by atoms with van der Waals surface area (Å²) in [6, 6.07) is 10.6. The van der Waals surface area contributed by atoms with Gasteiger partial charge in [0.25, 0.3) is 11.6 Å². The molecule has 3 rings (SSSR count). The smallest absolute Gasteiger partial charge is 0.375 e. The van der Waals surface area contributed by atoms with Crippen molar-refractivity contribution in [2.75, 3.05) is 18.5 Å². The third-order valence-electron chi connectivity index (χ3n) is 4.08. The average Bonchev–Trinajstić information content (AvgIpc) is 3.03. The molecular formula is C20H18N2O7. The number of hydrogen-bond acceptors (Lipinski definition) is 7. The van der Waals surface area contributed by atoms with Crippen LogP contribution in [0.5, 0.6) is 5.75 Å². The SMILES string of the molecule is CCOc1ccc2oc(C(=O)OCC(=O)Nc3cccc([N+](=O)[O-])c3)c(C)c2c1.